The van der Waals surface area contributed by atoms with Gasteiger partial charge >= 0.3 is 0 Å². The average Bonchev–Trinajstić information content (AvgIpc) is 3.14. The normalized spacial score (nSPS) is 15.2. The van der Waals surface area contributed by atoms with E-state index in [9.17, 15) is 9.59 Å². The summed E-state index contributed by atoms with van der Waals surface area (Å²) < 4.78 is 2.47. The van der Waals surface area contributed by atoms with E-state index in [1.165, 1.54) is 11.3 Å². The summed E-state index contributed by atoms with van der Waals surface area (Å²) in [5.74, 6) is 0.00979. The fourth-order valence-electron chi connectivity index (χ4n) is 2.51. The Morgan fingerprint density at radius 2 is 1.68 bits per heavy atom. The van der Waals surface area contributed by atoms with Crippen LogP contribution in [0.4, 0.5) is 0 Å². The highest BCUT2D eigenvalue weighted by molar-refractivity contribution is 7.17. The van der Waals surface area contributed by atoms with Crippen molar-refractivity contribution >= 4 is 34.8 Å². The lowest BCUT2D eigenvalue weighted by molar-refractivity contribution is 0.0538. The summed E-state index contributed by atoms with van der Waals surface area (Å²) in [5, 5.41) is 0. The van der Waals surface area contributed by atoms with Gasteiger partial charge in [0, 0.05) is 45.6 Å². The SMILES string of the molecule is Cn1ccc(C(=O)N2CCN(C(=O)c3ccc(Cl)s3)CC2)c1. The van der Waals surface area contributed by atoms with Crippen LogP contribution in [-0.4, -0.2) is 52.4 Å². The van der Waals surface area contributed by atoms with Gasteiger partial charge in [0.15, 0.2) is 0 Å². The molecule has 2 aromatic heterocycles. The maximum absolute atomic E-state index is 12.4. The van der Waals surface area contributed by atoms with E-state index in [-0.39, 0.29) is 11.8 Å². The van der Waals surface area contributed by atoms with Gasteiger partial charge in [0.1, 0.15) is 0 Å². The van der Waals surface area contributed by atoms with Gasteiger partial charge in [0.2, 0.25) is 0 Å². The third-order valence-corrected chi connectivity index (χ3v) is 4.94. The summed E-state index contributed by atoms with van der Waals surface area (Å²) in [7, 11) is 1.89. The third-order valence-electron chi connectivity index (χ3n) is 3.72. The lowest BCUT2D eigenvalue weighted by Gasteiger charge is -2.34. The quantitative estimate of drug-likeness (QED) is 0.844. The molecule has 116 valence electrons. The number of aromatic nitrogens is 1. The number of rotatable bonds is 2. The molecule has 1 fully saturated rings. The van der Waals surface area contributed by atoms with Crippen LogP contribution in [0.3, 0.4) is 0 Å². The van der Waals surface area contributed by atoms with Crippen LogP contribution < -0.4 is 0 Å². The molecule has 2 amide bonds. The maximum Gasteiger partial charge on any atom is 0.264 e. The van der Waals surface area contributed by atoms with Crippen molar-refractivity contribution in [1.82, 2.24) is 14.4 Å². The van der Waals surface area contributed by atoms with E-state index >= 15 is 0 Å². The molecule has 0 aromatic carbocycles. The molecule has 22 heavy (non-hydrogen) atoms. The molecule has 3 rings (SSSR count). The zero-order chi connectivity index (χ0) is 15.7. The van der Waals surface area contributed by atoms with E-state index in [0.717, 1.165) is 0 Å². The van der Waals surface area contributed by atoms with Gasteiger partial charge in [-0.2, -0.15) is 0 Å². The van der Waals surface area contributed by atoms with Gasteiger partial charge < -0.3 is 14.4 Å². The molecule has 1 aliphatic heterocycles. The Kier molecular flexibility index (Phi) is 4.22. The van der Waals surface area contributed by atoms with Gasteiger partial charge in [-0.3, -0.25) is 9.59 Å². The van der Waals surface area contributed by atoms with Crippen molar-refractivity contribution in [3.05, 3.63) is 45.4 Å². The summed E-state index contributed by atoms with van der Waals surface area (Å²) in [6.07, 6.45) is 3.67. The zero-order valence-electron chi connectivity index (χ0n) is 12.2. The van der Waals surface area contributed by atoms with Crippen molar-refractivity contribution in [1.29, 1.82) is 0 Å². The number of nitrogens with zero attached hydrogens (tertiary/aromatic N) is 3. The standard InChI is InChI=1S/C15H16ClN3O2S/c1-17-5-4-11(10-17)14(20)18-6-8-19(9-7-18)15(21)12-2-3-13(16)22-12/h2-5,10H,6-9H2,1H3. The minimum Gasteiger partial charge on any atom is -0.356 e. The van der Waals surface area contributed by atoms with E-state index in [2.05, 4.69) is 0 Å². The molecule has 0 radical (unpaired) electrons. The summed E-state index contributed by atoms with van der Waals surface area (Å²) >= 11 is 7.16. The zero-order valence-corrected chi connectivity index (χ0v) is 13.7. The second-order valence-corrected chi connectivity index (χ2v) is 6.97. The second kappa shape index (κ2) is 6.14. The van der Waals surface area contributed by atoms with Gasteiger partial charge in [-0.1, -0.05) is 11.6 Å². The number of carbonyl (C=O) groups is 2. The number of hydrogen-bond donors (Lipinski definition) is 0. The second-order valence-electron chi connectivity index (χ2n) is 5.25. The monoisotopic (exact) mass is 337 g/mol. The fourth-order valence-corrected chi connectivity index (χ4v) is 3.52. The molecule has 0 unspecified atom stereocenters. The molecule has 0 bridgehead atoms. The smallest absolute Gasteiger partial charge is 0.264 e. The molecule has 3 heterocycles. The number of hydrogen-bond acceptors (Lipinski definition) is 3. The number of thiophene rings is 1. The Labute approximate surface area is 137 Å². The highest BCUT2D eigenvalue weighted by Gasteiger charge is 2.26. The predicted molar refractivity (Wildman–Crippen MR) is 86.5 cm³/mol. The first-order valence-corrected chi connectivity index (χ1v) is 8.20. The number of piperazine rings is 1. The van der Waals surface area contributed by atoms with Gasteiger partial charge in [-0.05, 0) is 18.2 Å². The Hall–Kier alpha value is -1.79. The summed E-state index contributed by atoms with van der Waals surface area (Å²) in [6.45, 7) is 2.21. The van der Waals surface area contributed by atoms with Gasteiger partial charge in [-0.15, -0.1) is 11.3 Å². The van der Waals surface area contributed by atoms with Crippen LogP contribution in [0.5, 0.6) is 0 Å². The molecule has 0 atom stereocenters. The Morgan fingerprint density at radius 3 is 2.18 bits per heavy atom. The molecule has 0 N–H and O–H groups in total. The first kappa shape index (κ1) is 15.1. The molecule has 1 saturated heterocycles. The van der Waals surface area contributed by atoms with Crippen molar-refractivity contribution in [2.75, 3.05) is 26.2 Å². The van der Waals surface area contributed by atoms with Crippen LogP contribution >= 0.6 is 22.9 Å². The molecule has 1 aliphatic rings. The molecule has 0 saturated carbocycles. The van der Waals surface area contributed by atoms with Crippen LogP contribution in [-0.2, 0) is 7.05 Å². The molecule has 0 aliphatic carbocycles. The molecule has 0 spiro atoms. The first-order valence-electron chi connectivity index (χ1n) is 7.00. The van der Waals surface area contributed by atoms with Crippen molar-refractivity contribution in [2.45, 2.75) is 0 Å². The van der Waals surface area contributed by atoms with Crippen molar-refractivity contribution in [3.8, 4) is 0 Å². The van der Waals surface area contributed by atoms with Gasteiger partial charge in [0.25, 0.3) is 11.8 Å². The number of carbonyl (C=O) groups excluding carboxylic acids is 2. The van der Waals surface area contributed by atoms with Crippen molar-refractivity contribution in [3.63, 3.8) is 0 Å². The molecule has 5 nitrogen and oxygen atoms in total. The Bertz CT molecular complexity index is 641. The van der Waals surface area contributed by atoms with Crippen LogP contribution in [0.25, 0.3) is 0 Å². The molecular weight excluding hydrogens is 322 g/mol. The number of halogens is 1. The molecular formula is C15H16ClN3O2S. The Morgan fingerprint density at radius 1 is 1.05 bits per heavy atom. The van der Waals surface area contributed by atoms with Crippen LogP contribution in [0.15, 0.2) is 30.6 Å². The summed E-state index contributed by atoms with van der Waals surface area (Å²) in [4.78, 5) is 28.9. The fraction of sp³-hybridized carbons (Fsp3) is 0.333. The van der Waals surface area contributed by atoms with Crippen molar-refractivity contribution < 1.29 is 9.59 Å². The first-order chi connectivity index (χ1) is 10.5. The summed E-state index contributed by atoms with van der Waals surface area (Å²) in [5.41, 5.74) is 0.687. The average molecular weight is 338 g/mol. The number of amides is 2. The highest BCUT2D eigenvalue weighted by atomic mass is 35.5. The van der Waals surface area contributed by atoms with Gasteiger partial charge in [0.05, 0.1) is 14.8 Å². The largest absolute Gasteiger partial charge is 0.356 e. The van der Waals surface area contributed by atoms with E-state index in [1.807, 2.05) is 30.1 Å². The molecule has 7 heteroatoms. The third kappa shape index (κ3) is 3.03. The van der Waals surface area contributed by atoms with E-state index in [0.29, 0.717) is 41.0 Å². The maximum atomic E-state index is 12.4. The lowest BCUT2D eigenvalue weighted by atomic mass is 10.2. The molecule has 2 aromatic rings. The predicted octanol–water partition coefficient (Wildman–Crippen LogP) is 2.34. The van der Waals surface area contributed by atoms with Crippen LogP contribution in [0, 0.1) is 0 Å². The van der Waals surface area contributed by atoms with Crippen LogP contribution in [0.2, 0.25) is 4.34 Å². The lowest BCUT2D eigenvalue weighted by Crippen LogP contribution is -2.50. The van der Waals surface area contributed by atoms with Crippen molar-refractivity contribution in [2.24, 2.45) is 7.05 Å². The highest BCUT2D eigenvalue weighted by Crippen LogP contribution is 2.23. The van der Waals surface area contributed by atoms with Crippen LogP contribution in [0.1, 0.15) is 20.0 Å². The minimum absolute atomic E-state index is 0.0105. The topological polar surface area (TPSA) is 45.6 Å². The summed E-state index contributed by atoms with van der Waals surface area (Å²) in [6, 6.07) is 5.29. The Balaban J connectivity index is 1.60. The van der Waals surface area contributed by atoms with Gasteiger partial charge in [-0.25, -0.2) is 0 Å². The van der Waals surface area contributed by atoms with E-state index < -0.39 is 0 Å². The van der Waals surface area contributed by atoms with E-state index in [1.54, 1.807) is 21.9 Å². The minimum atomic E-state index is -0.0105. The van der Waals surface area contributed by atoms with E-state index in [4.69, 9.17) is 11.6 Å². The number of aryl methyl sites for hydroxylation is 1.